The van der Waals surface area contributed by atoms with Gasteiger partial charge in [0.05, 0.1) is 26.7 Å². The summed E-state index contributed by atoms with van der Waals surface area (Å²) < 4.78 is 9.85. The molecule has 1 rings (SSSR count). The molecule has 0 aliphatic heterocycles. The molecule has 2 atom stereocenters. The van der Waals surface area contributed by atoms with E-state index in [0.29, 0.717) is 0 Å². The zero-order valence-corrected chi connectivity index (χ0v) is 13.7. The quantitative estimate of drug-likeness (QED) is 0.750. The van der Waals surface area contributed by atoms with Gasteiger partial charge in [-0.15, -0.1) is 0 Å². The van der Waals surface area contributed by atoms with Crippen molar-refractivity contribution in [2.45, 2.75) is 39.2 Å². The number of benzene rings is 1. The van der Waals surface area contributed by atoms with Gasteiger partial charge in [0.15, 0.2) is 0 Å². The van der Waals surface area contributed by atoms with Crippen LogP contribution in [0.15, 0.2) is 24.3 Å². The van der Waals surface area contributed by atoms with Crippen molar-refractivity contribution < 1.29 is 19.1 Å². The fraction of sp³-hybridized carbons (Fsp3) is 0.529. The Morgan fingerprint density at radius 1 is 1.18 bits per heavy atom. The smallest absolute Gasteiger partial charge is 0.307 e. The highest BCUT2D eigenvalue weighted by Crippen LogP contribution is 2.21. The molecule has 0 aromatic heterocycles. The number of hydrogen-bond acceptors (Lipinski definition) is 4. The lowest BCUT2D eigenvalue weighted by Crippen LogP contribution is -2.34. The predicted octanol–water partition coefficient (Wildman–Crippen LogP) is 2.85. The van der Waals surface area contributed by atoms with Crippen molar-refractivity contribution in [3.63, 3.8) is 0 Å². The Bertz CT molecular complexity index is 484. The fourth-order valence-electron chi connectivity index (χ4n) is 2.22. The summed E-state index contributed by atoms with van der Waals surface area (Å²) in [5, 5.41) is 2.94. The summed E-state index contributed by atoms with van der Waals surface area (Å²) >= 11 is 0. The van der Waals surface area contributed by atoms with Crippen LogP contribution in [0.1, 0.15) is 44.7 Å². The first kappa shape index (κ1) is 18.0. The summed E-state index contributed by atoms with van der Waals surface area (Å²) in [7, 11) is 2.93. The summed E-state index contributed by atoms with van der Waals surface area (Å²) in [4.78, 5) is 23.8. The number of amides is 1. The Morgan fingerprint density at radius 2 is 1.82 bits per heavy atom. The van der Waals surface area contributed by atoms with Crippen molar-refractivity contribution in [3.8, 4) is 5.75 Å². The summed E-state index contributed by atoms with van der Waals surface area (Å²) in [6, 6.07) is 6.90. The van der Waals surface area contributed by atoms with E-state index in [9.17, 15) is 9.59 Å². The second-order valence-corrected chi connectivity index (χ2v) is 5.30. The van der Waals surface area contributed by atoms with Crippen LogP contribution in [0.25, 0.3) is 0 Å². The fourth-order valence-corrected chi connectivity index (χ4v) is 2.22. The zero-order chi connectivity index (χ0) is 16.5. The van der Waals surface area contributed by atoms with E-state index in [1.165, 1.54) is 7.11 Å². The van der Waals surface area contributed by atoms with Crippen LogP contribution in [0.2, 0.25) is 0 Å². The van der Waals surface area contributed by atoms with Crippen LogP contribution in [0.3, 0.4) is 0 Å². The Balaban J connectivity index is 2.87. The highest BCUT2D eigenvalue weighted by atomic mass is 16.5. The van der Waals surface area contributed by atoms with Crippen molar-refractivity contribution in [2.24, 2.45) is 5.92 Å². The first-order valence-corrected chi connectivity index (χ1v) is 7.52. The topological polar surface area (TPSA) is 64.6 Å². The Labute approximate surface area is 132 Å². The van der Waals surface area contributed by atoms with E-state index in [0.717, 1.165) is 24.2 Å². The summed E-state index contributed by atoms with van der Waals surface area (Å²) in [6.07, 6.45) is 1.87. The molecule has 0 bridgehead atoms. The Kier molecular flexibility index (Phi) is 7.43. The lowest BCUT2D eigenvalue weighted by molar-refractivity contribution is -0.141. The number of esters is 1. The first-order valence-electron chi connectivity index (χ1n) is 7.52. The lowest BCUT2D eigenvalue weighted by atomic mass is 10.0. The molecule has 5 nitrogen and oxygen atoms in total. The number of carbonyl (C=O) groups excluding carboxylic acids is 2. The van der Waals surface area contributed by atoms with Gasteiger partial charge >= 0.3 is 5.97 Å². The molecule has 0 fully saturated rings. The molecule has 5 heteroatoms. The van der Waals surface area contributed by atoms with Crippen LogP contribution >= 0.6 is 0 Å². The van der Waals surface area contributed by atoms with Gasteiger partial charge in [-0.05, 0) is 24.1 Å². The summed E-state index contributed by atoms with van der Waals surface area (Å²) in [5.41, 5.74) is 0.850. The predicted molar refractivity (Wildman–Crippen MR) is 84.6 cm³/mol. The van der Waals surface area contributed by atoms with Gasteiger partial charge in [0.2, 0.25) is 5.91 Å². The molecule has 0 aliphatic rings. The van der Waals surface area contributed by atoms with E-state index in [1.807, 2.05) is 26.0 Å². The molecule has 1 N–H and O–H groups in total. The van der Waals surface area contributed by atoms with Crippen LogP contribution in [0, 0.1) is 5.92 Å². The molecule has 0 saturated carbocycles. The third kappa shape index (κ3) is 5.39. The maximum absolute atomic E-state index is 12.2. The third-order valence-electron chi connectivity index (χ3n) is 3.60. The molecule has 0 heterocycles. The second kappa shape index (κ2) is 9.07. The molecule has 0 spiro atoms. The highest BCUT2D eigenvalue weighted by molar-refractivity contribution is 5.80. The molecular formula is C17H25NO4. The largest absolute Gasteiger partial charge is 0.497 e. The average Bonchev–Trinajstić information content (AvgIpc) is 2.54. The van der Waals surface area contributed by atoms with Gasteiger partial charge in [-0.3, -0.25) is 9.59 Å². The molecule has 1 amide bonds. The van der Waals surface area contributed by atoms with E-state index in [4.69, 9.17) is 9.47 Å². The van der Waals surface area contributed by atoms with Crippen molar-refractivity contribution in [1.29, 1.82) is 0 Å². The van der Waals surface area contributed by atoms with E-state index < -0.39 is 6.04 Å². The minimum absolute atomic E-state index is 0.0495. The monoisotopic (exact) mass is 307 g/mol. The number of methoxy groups -OCH3 is 2. The van der Waals surface area contributed by atoms with E-state index in [1.54, 1.807) is 19.2 Å². The minimum Gasteiger partial charge on any atom is -0.497 e. The zero-order valence-electron chi connectivity index (χ0n) is 13.7. The van der Waals surface area contributed by atoms with Crippen LogP contribution in [-0.4, -0.2) is 26.1 Å². The summed E-state index contributed by atoms with van der Waals surface area (Å²) in [5.74, 6) is 0.241. The highest BCUT2D eigenvalue weighted by Gasteiger charge is 2.21. The van der Waals surface area contributed by atoms with Gasteiger partial charge in [-0.2, -0.15) is 0 Å². The average molecular weight is 307 g/mol. The van der Waals surface area contributed by atoms with Crippen LogP contribution in [-0.2, 0) is 14.3 Å². The van der Waals surface area contributed by atoms with Crippen LogP contribution in [0.5, 0.6) is 5.75 Å². The number of nitrogens with one attached hydrogen (secondary N) is 1. The molecule has 1 aromatic carbocycles. The van der Waals surface area contributed by atoms with Crippen molar-refractivity contribution in [1.82, 2.24) is 5.32 Å². The normalized spacial score (nSPS) is 13.1. The third-order valence-corrected chi connectivity index (χ3v) is 3.60. The molecule has 0 aliphatic carbocycles. The SMILES string of the molecule is CCCC(C)C(=O)NC(CC(=O)OC)c1ccc(OC)cc1. The standard InChI is InChI=1S/C17H25NO4/c1-5-6-12(2)17(20)18-15(11-16(19)22-4)13-7-9-14(21-3)10-8-13/h7-10,12,15H,5-6,11H2,1-4H3,(H,18,20). The lowest BCUT2D eigenvalue weighted by Gasteiger charge is -2.21. The summed E-state index contributed by atoms with van der Waals surface area (Å²) in [6.45, 7) is 3.93. The van der Waals surface area contributed by atoms with E-state index >= 15 is 0 Å². The van der Waals surface area contributed by atoms with Gasteiger partial charge in [0, 0.05) is 5.92 Å². The molecule has 0 saturated heterocycles. The maximum Gasteiger partial charge on any atom is 0.307 e. The molecule has 2 unspecified atom stereocenters. The van der Waals surface area contributed by atoms with Crippen molar-refractivity contribution in [3.05, 3.63) is 29.8 Å². The first-order chi connectivity index (χ1) is 10.5. The number of rotatable bonds is 8. The van der Waals surface area contributed by atoms with E-state index in [-0.39, 0.29) is 24.2 Å². The molecule has 22 heavy (non-hydrogen) atoms. The Hall–Kier alpha value is -2.04. The number of carbonyl (C=O) groups is 2. The molecule has 0 radical (unpaired) electrons. The second-order valence-electron chi connectivity index (χ2n) is 5.30. The van der Waals surface area contributed by atoms with Gasteiger partial charge in [0.1, 0.15) is 5.75 Å². The van der Waals surface area contributed by atoms with E-state index in [2.05, 4.69) is 5.32 Å². The minimum atomic E-state index is -0.398. The maximum atomic E-state index is 12.2. The van der Waals surface area contributed by atoms with Crippen LogP contribution < -0.4 is 10.1 Å². The van der Waals surface area contributed by atoms with Gasteiger partial charge in [-0.25, -0.2) is 0 Å². The van der Waals surface area contributed by atoms with Crippen molar-refractivity contribution >= 4 is 11.9 Å². The number of ether oxygens (including phenoxy) is 2. The van der Waals surface area contributed by atoms with Gasteiger partial charge in [-0.1, -0.05) is 32.4 Å². The Morgan fingerprint density at radius 3 is 2.32 bits per heavy atom. The molecule has 1 aromatic rings. The van der Waals surface area contributed by atoms with Crippen LogP contribution in [0.4, 0.5) is 0 Å². The molecule has 122 valence electrons. The number of hydrogen-bond donors (Lipinski definition) is 1. The van der Waals surface area contributed by atoms with Gasteiger partial charge in [0.25, 0.3) is 0 Å². The molecular weight excluding hydrogens is 282 g/mol. The van der Waals surface area contributed by atoms with Crippen molar-refractivity contribution in [2.75, 3.05) is 14.2 Å². The van der Waals surface area contributed by atoms with Gasteiger partial charge < -0.3 is 14.8 Å².